The molecule has 0 fully saturated rings. The Bertz CT molecular complexity index is 1010. The molecule has 26 heavy (non-hydrogen) atoms. The number of halogens is 1. The van der Waals surface area contributed by atoms with E-state index in [0.717, 1.165) is 16.5 Å². The highest BCUT2D eigenvalue weighted by Crippen LogP contribution is 2.31. The van der Waals surface area contributed by atoms with Crippen molar-refractivity contribution >= 4 is 28.5 Å². The molecule has 0 aliphatic heterocycles. The SMILES string of the molecule is Cc1c(C)c2cc(Cl)c(OCC(=O)OCc3ccccc3)cc2oc1=O. The van der Waals surface area contributed by atoms with Crippen molar-refractivity contribution in [3.63, 3.8) is 0 Å². The molecule has 0 amide bonds. The molecule has 1 heterocycles. The van der Waals surface area contributed by atoms with Crippen LogP contribution in [-0.4, -0.2) is 12.6 Å². The van der Waals surface area contributed by atoms with Gasteiger partial charge in [0.05, 0.1) is 5.02 Å². The second kappa shape index (κ2) is 7.62. The van der Waals surface area contributed by atoms with E-state index in [1.165, 1.54) is 6.07 Å². The van der Waals surface area contributed by atoms with Crippen LogP contribution in [0.1, 0.15) is 16.7 Å². The summed E-state index contributed by atoms with van der Waals surface area (Å²) in [5, 5.41) is 1.05. The van der Waals surface area contributed by atoms with Gasteiger partial charge in [-0.05, 0) is 31.0 Å². The molecule has 0 aliphatic carbocycles. The van der Waals surface area contributed by atoms with Crippen LogP contribution in [0.3, 0.4) is 0 Å². The zero-order valence-corrected chi connectivity index (χ0v) is 15.1. The van der Waals surface area contributed by atoms with Gasteiger partial charge in [0.25, 0.3) is 0 Å². The average Bonchev–Trinajstić information content (AvgIpc) is 2.64. The maximum Gasteiger partial charge on any atom is 0.344 e. The lowest BCUT2D eigenvalue weighted by Crippen LogP contribution is -2.15. The van der Waals surface area contributed by atoms with Gasteiger partial charge in [-0.1, -0.05) is 41.9 Å². The van der Waals surface area contributed by atoms with E-state index in [-0.39, 0.29) is 19.0 Å². The van der Waals surface area contributed by atoms with Gasteiger partial charge >= 0.3 is 11.6 Å². The second-order valence-electron chi connectivity index (χ2n) is 5.85. The van der Waals surface area contributed by atoms with Gasteiger partial charge in [0.2, 0.25) is 0 Å². The predicted molar refractivity (Wildman–Crippen MR) is 98.7 cm³/mol. The third kappa shape index (κ3) is 3.89. The number of ether oxygens (including phenoxy) is 2. The number of esters is 1. The van der Waals surface area contributed by atoms with Gasteiger partial charge in [0.1, 0.15) is 17.9 Å². The van der Waals surface area contributed by atoms with E-state index in [2.05, 4.69) is 0 Å². The number of carbonyl (C=O) groups is 1. The summed E-state index contributed by atoms with van der Waals surface area (Å²) in [7, 11) is 0. The Kier molecular flexibility index (Phi) is 5.28. The molecular formula is C20H17ClO5. The van der Waals surface area contributed by atoms with Gasteiger partial charge < -0.3 is 13.9 Å². The number of aryl methyl sites for hydroxylation is 1. The monoisotopic (exact) mass is 372 g/mol. The van der Waals surface area contributed by atoms with Crippen LogP contribution in [-0.2, 0) is 16.1 Å². The standard InChI is InChI=1S/C20H17ClO5/c1-12-13(2)20(23)26-17-9-18(16(21)8-15(12)17)24-11-19(22)25-10-14-6-4-3-5-7-14/h3-9H,10-11H2,1-2H3. The van der Waals surface area contributed by atoms with Crippen molar-refractivity contribution in [3.8, 4) is 5.75 Å². The lowest BCUT2D eigenvalue weighted by molar-refractivity contribution is -0.147. The Hall–Kier alpha value is -2.79. The van der Waals surface area contributed by atoms with Crippen LogP contribution >= 0.6 is 11.6 Å². The average molecular weight is 373 g/mol. The molecule has 0 spiro atoms. The Labute approximate surface area is 155 Å². The van der Waals surface area contributed by atoms with Crippen molar-refractivity contribution in [3.05, 3.63) is 74.6 Å². The largest absolute Gasteiger partial charge is 0.480 e. The number of fused-ring (bicyclic) bond motifs is 1. The minimum Gasteiger partial charge on any atom is -0.480 e. The quantitative estimate of drug-likeness (QED) is 0.496. The second-order valence-corrected chi connectivity index (χ2v) is 6.26. The van der Waals surface area contributed by atoms with Crippen LogP contribution in [0.5, 0.6) is 5.75 Å². The molecule has 0 atom stereocenters. The first-order valence-corrected chi connectivity index (χ1v) is 8.39. The molecule has 0 N–H and O–H groups in total. The minimum absolute atomic E-state index is 0.168. The van der Waals surface area contributed by atoms with Crippen LogP contribution in [0.25, 0.3) is 11.0 Å². The molecule has 0 saturated carbocycles. The molecule has 5 nitrogen and oxygen atoms in total. The first-order valence-electron chi connectivity index (χ1n) is 8.01. The van der Waals surface area contributed by atoms with Crippen molar-refractivity contribution in [1.82, 2.24) is 0 Å². The van der Waals surface area contributed by atoms with Gasteiger partial charge in [-0.25, -0.2) is 9.59 Å². The maximum absolute atomic E-state index is 11.9. The van der Waals surface area contributed by atoms with Crippen LogP contribution < -0.4 is 10.4 Å². The molecule has 3 aromatic rings. The number of hydrogen-bond acceptors (Lipinski definition) is 5. The molecule has 0 saturated heterocycles. The number of rotatable bonds is 5. The topological polar surface area (TPSA) is 65.7 Å². The van der Waals surface area contributed by atoms with Gasteiger partial charge in [-0.15, -0.1) is 0 Å². The van der Waals surface area contributed by atoms with Crippen molar-refractivity contribution in [2.24, 2.45) is 0 Å². The molecule has 6 heteroatoms. The highest BCUT2D eigenvalue weighted by atomic mass is 35.5. The number of carbonyl (C=O) groups excluding carboxylic acids is 1. The van der Waals surface area contributed by atoms with Crippen molar-refractivity contribution in [2.75, 3.05) is 6.61 Å². The van der Waals surface area contributed by atoms with Gasteiger partial charge in [-0.2, -0.15) is 0 Å². The molecule has 134 valence electrons. The molecule has 1 aromatic heterocycles. The normalized spacial score (nSPS) is 10.7. The van der Waals surface area contributed by atoms with Crippen LogP contribution in [0.2, 0.25) is 5.02 Å². The van der Waals surface area contributed by atoms with Crippen LogP contribution in [0, 0.1) is 13.8 Å². The minimum atomic E-state index is -0.522. The lowest BCUT2D eigenvalue weighted by atomic mass is 10.1. The van der Waals surface area contributed by atoms with Crippen molar-refractivity contribution < 1.29 is 18.7 Å². The molecule has 0 radical (unpaired) electrons. The number of benzene rings is 2. The molecule has 0 bridgehead atoms. The van der Waals surface area contributed by atoms with E-state index >= 15 is 0 Å². The molecule has 0 unspecified atom stereocenters. The summed E-state index contributed by atoms with van der Waals surface area (Å²) in [6.45, 7) is 3.39. The Balaban J connectivity index is 1.70. The third-order valence-electron chi connectivity index (χ3n) is 4.10. The Morgan fingerprint density at radius 3 is 2.58 bits per heavy atom. The van der Waals surface area contributed by atoms with E-state index < -0.39 is 11.6 Å². The summed E-state index contributed by atoms with van der Waals surface area (Å²) in [6, 6.07) is 12.5. The molecular weight excluding hydrogens is 356 g/mol. The Morgan fingerprint density at radius 1 is 1.12 bits per heavy atom. The first kappa shape index (κ1) is 18.0. The summed E-state index contributed by atoms with van der Waals surface area (Å²) < 4.78 is 15.9. The van der Waals surface area contributed by atoms with Gasteiger partial charge in [0, 0.05) is 17.0 Å². The molecule has 3 rings (SSSR count). The van der Waals surface area contributed by atoms with Crippen molar-refractivity contribution in [2.45, 2.75) is 20.5 Å². The van der Waals surface area contributed by atoms with E-state index in [0.29, 0.717) is 16.2 Å². The highest BCUT2D eigenvalue weighted by molar-refractivity contribution is 6.32. The zero-order valence-electron chi connectivity index (χ0n) is 14.4. The molecule has 2 aromatic carbocycles. The predicted octanol–water partition coefficient (Wildman–Crippen LogP) is 4.19. The zero-order chi connectivity index (χ0) is 18.7. The fourth-order valence-electron chi connectivity index (χ4n) is 2.47. The summed E-state index contributed by atoms with van der Waals surface area (Å²) in [5.41, 5.74) is 2.16. The van der Waals surface area contributed by atoms with Crippen molar-refractivity contribution in [1.29, 1.82) is 0 Å². The maximum atomic E-state index is 11.9. The number of hydrogen-bond donors (Lipinski definition) is 0. The molecule has 0 aliphatic rings. The van der Waals surface area contributed by atoms with Gasteiger partial charge in [-0.3, -0.25) is 0 Å². The summed E-state index contributed by atoms with van der Waals surface area (Å²) in [6.07, 6.45) is 0. The highest BCUT2D eigenvalue weighted by Gasteiger charge is 2.13. The summed E-state index contributed by atoms with van der Waals surface area (Å²) >= 11 is 6.23. The smallest absolute Gasteiger partial charge is 0.344 e. The van der Waals surface area contributed by atoms with Crippen LogP contribution in [0.15, 0.2) is 51.7 Å². The van der Waals surface area contributed by atoms with E-state index in [9.17, 15) is 9.59 Å². The van der Waals surface area contributed by atoms with Crippen LogP contribution in [0.4, 0.5) is 0 Å². The third-order valence-corrected chi connectivity index (χ3v) is 4.39. The van der Waals surface area contributed by atoms with E-state index in [4.69, 9.17) is 25.5 Å². The fourth-order valence-corrected chi connectivity index (χ4v) is 2.69. The fraction of sp³-hybridized carbons (Fsp3) is 0.200. The Morgan fingerprint density at radius 2 is 1.85 bits per heavy atom. The first-order chi connectivity index (χ1) is 12.5. The van der Waals surface area contributed by atoms with E-state index in [1.54, 1.807) is 13.0 Å². The lowest BCUT2D eigenvalue weighted by Gasteiger charge is -2.10. The van der Waals surface area contributed by atoms with Gasteiger partial charge in [0.15, 0.2) is 6.61 Å². The summed E-state index contributed by atoms with van der Waals surface area (Å²) in [5.74, 6) is -0.270. The summed E-state index contributed by atoms with van der Waals surface area (Å²) in [4.78, 5) is 23.7. The van der Waals surface area contributed by atoms with E-state index in [1.807, 2.05) is 37.3 Å².